The van der Waals surface area contributed by atoms with Crippen molar-refractivity contribution < 1.29 is 13.9 Å². The van der Waals surface area contributed by atoms with Gasteiger partial charge in [-0.05, 0) is 18.1 Å². The molecule has 1 amide bonds. The Morgan fingerprint density at radius 3 is 2.06 bits per heavy atom. The van der Waals surface area contributed by atoms with Gasteiger partial charge in [0.2, 0.25) is 11.2 Å². The van der Waals surface area contributed by atoms with Crippen molar-refractivity contribution in [1.82, 2.24) is 9.80 Å². The molecule has 0 spiro atoms. The summed E-state index contributed by atoms with van der Waals surface area (Å²) in [4.78, 5) is 28.8. The third-order valence-corrected chi connectivity index (χ3v) is 5.61. The van der Waals surface area contributed by atoms with Crippen LogP contribution in [0.2, 0.25) is 0 Å². The highest BCUT2D eigenvalue weighted by atomic mass is 16.5. The van der Waals surface area contributed by atoms with Gasteiger partial charge in [0.1, 0.15) is 5.76 Å². The van der Waals surface area contributed by atoms with Gasteiger partial charge >= 0.3 is 0 Å². The normalized spacial score (nSPS) is 14.6. The maximum Gasteiger partial charge on any atom is 0.260 e. The molecule has 1 aliphatic heterocycles. The van der Waals surface area contributed by atoms with Crippen LogP contribution < -0.4 is 10.2 Å². The lowest BCUT2D eigenvalue weighted by molar-refractivity contribution is -0.135. The number of nitrogens with zero attached hydrogens (tertiary/aromatic N) is 2. The molecule has 2 heterocycles. The predicted molar refractivity (Wildman–Crippen MR) is 118 cm³/mol. The predicted octanol–water partition coefficient (Wildman–Crippen LogP) is 3.26. The lowest BCUT2D eigenvalue weighted by Gasteiger charge is -2.39. The van der Waals surface area contributed by atoms with Crippen molar-refractivity contribution in [3.8, 4) is 5.75 Å². The number of hydrogen-bond acceptors (Lipinski definition) is 5. The summed E-state index contributed by atoms with van der Waals surface area (Å²) in [6.45, 7) is 4.21. The number of rotatable bonds is 6. The Hall–Kier alpha value is -3.38. The molecule has 2 aromatic carbocycles. The second-order valence-electron chi connectivity index (χ2n) is 7.60. The van der Waals surface area contributed by atoms with E-state index in [1.54, 1.807) is 11.8 Å². The molecule has 0 aliphatic carbocycles. The number of ether oxygens (including phenoxy) is 1. The number of amides is 1. The smallest absolute Gasteiger partial charge is 0.260 e. The molecule has 1 aromatic heterocycles. The third kappa shape index (κ3) is 4.86. The van der Waals surface area contributed by atoms with E-state index in [-0.39, 0.29) is 29.7 Å². The molecule has 6 nitrogen and oxygen atoms in total. The van der Waals surface area contributed by atoms with Crippen LogP contribution in [0.5, 0.6) is 5.75 Å². The molecule has 4 rings (SSSR count). The first-order chi connectivity index (χ1) is 15.1. The van der Waals surface area contributed by atoms with Crippen LogP contribution in [0.25, 0.3) is 0 Å². The van der Waals surface area contributed by atoms with E-state index in [1.807, 2.05) is 12.1 Å². The van der Waals surface area contributed by atoms with Crippen LogP contribution in [0.1, 0.15) is 22.9 Å². The first kappa shape index (κ1) is 20.9. The van der Waals surface area contributed by atoms with Gasteiger partial charge in [0.25, 0.3) is 5.91 Å². The Labute approximate surface area is 181 Å². The van der Waals surface area contributed by atoms with E-state index < -0.39 is 0 Å². The van der Waals surface area contributed by atoms with Crippen LogP contribution in [0.15, 0.2) is 82.2 Å². The van der Waals surface area contributed by atoms with Gasteiger partial charge in [-0.1, -0.05) is 60.7 Å². The van der Waals surface area contributed by atoms with Gasteiger partial charge in [-0.2, -0.15) is 0 Å². The van der Waals surface area contributed by atoms with Crippen molar-refractivity contribution >= 4 is 5.91 Å². The minimum Gasteiger partial charge on any atom is -0.476 e. The standard InChI is InChI=1S/C25H26N2O4/c1-19-25(22(28)12-17-30-19)31-18-23(29)26-13-15-27(16-14-26)24(20-8-4-2-5-9-20)21-10-6-3-7-11-21/h2-12,17,24H,13-16,18H2,1H3. The van der Waals surface area contributed by atoms with Crippen molar-refractivity contribution in [2.24, 2.45) is 0 Å². The SMILES string of the molecule is Cc1occc(=O)c1OCC(=O)N1CCN(C(c2ccccc2)c2ccccc2)CC1. The molecule has 0 radical (unpaired) electrons. The number of benzene rings is 2. The van der Waals surface area contributed by atoms with Crippen LogP contribution in [0.4, 0.5) is 0 Å². The van der Waals surface area contributed by atoms with Gasteiger partial charge in [0.05, 0.1) is 12.3 Å². The van der Waals surface area contributed by atoms with Gasteiger partial charge < -0.3 is 14.1 Å². The van der Waals surface area contributed by atoms with Crippen molar-refractivity contribution in [1.29, 1.82) is 0 Å². The Balaban J connectivity index is 1.41. The zero-order valence-corrected chi connectivity index (χ0v) is 17.6. The van der Waals surface area contributed by atoms with E-state index in [0.29, 0.717) is 18.8 Å². The fourth-order valence-corrected chi connectivity index (χ4v) is 4.01. The van der Waals surface area contributed by atoms with E-state index in [9.17, 15) is 9.59 Å². The van der Waals surface area contributed by atoms with Crippen LogP contribution in [0.3, 0.4) is 0 Å². The fraction of sp³-hybridized carbons (Fsp3) is 0.280. The van der Waals surface area contributed by atoms with E-state index in [1.165, 1.54) is 23.5 Å². The molecular formula is C25H26N2O4. The highest BCUT2D eigenvalue weighted by Crippen LogP contribution is 2.29. The minimum atomic E-state index is -0.282. The summed E-state index contributed by atoms with van der Waals surface area (Å²) < 4.78 is 10.7. The van der Waals surface area contributed by atoms with Crippen molar-refractivity contribution in [2.45, 2.75) is 13.0 Å². The van der Waals surface area contributed by atoms with Crippen LogP contribution in [-0.2, 0) is 4.79 Å². The van der Waals surface area contributed by atoms with Crippen LogP contribution in [0, 0.1) is 6.92 Å². The summed E-state index contributed by atoms with van der Waals surface area (Å²) in [7, 11) is 0. The number of carbonyl (C=O) groups is 1. The quantitative estimate of drug-likeness (QED) is 0.615. The molecule has 0 saturated carbocycles. The van der Waals surface area contributed by atoms with Crippen molar-refractivity contribution in [3.63, 3.8) is 0 Å². The minimum absolute atomic E-state index is 0.0997. The number of piperazine rings is 1. The Morgan fingerprint density at radius 2 is 1.52 bits per heavy atom. The second-order valence-corrected chi connectivity index (χ2v) is 7.60. The molecular weight excluding hydrogens is 392 g/mol. The van der Waals surface area contributed by atoms with E-state index in [4.69, 9.17) is 9.15 Å². The highest BCUT2D eigenvalue weighted by Gasteiger charge is 2.28. The highest BCUT2D eigenvalue weighted by molar-refractivity contribution is 5.78. The Bertz CT molecular complexity index is 1020. The summed E-state index contributed by atoms with van der Waals surface area (Å²) in [5, 5.41) is 0. The fourth-order valence-electron chi connectivity index (χ4n) is 4.01. The summed E-state index contributed by atoms with van der Waals surface area (Å²) in [5.41, 5.74) is 2.20. The number of hydrogen-bond donors (Lipinski definition) is 0. The first-order valence-electron chi connectivity index (χ1n) is 10.5. The zero-order valence-electron chi connectivity index (χ0n) is 17.6. The topological polar surface area (TPSA) is 63.0 Å². The van der Waals surface area contributed by atoms with E-state index in [0.717, 1.165) is 13.1 Å². The molecule has 1 saturated heterocycles. The summed E-state index contributed by atoms with van der Waals surface area (Å²) >= 11 is 0. The molecule has 1 fully saturated rings. The largest absolute Gasteiger partial charge is 0.476 e. The molecule has 1 aliphatic rings. The third-order valence-electron chi connectivity index (χ3n) is 5.61. The summed E-state index contributed by atoms with van der Waals surface area (Å²) in [5.74, 6) is 0.347. The Morgan fingerprint density at radius 1 is 0.935 bits per heavy atom. The van der Waals surface area contributed by atoms with E-state index in [2.05, 4.69) is 53.4 Å². The molecule has 6 heteroatoms. The maximum atomic E-state index is 12.7. The summed E-state index contributed by atoms with van der Waals surface area (Å²) in [6.07, 6.45) is 1.32. The van der Waals surface area contributed by atoms with Crippen LogP contribution in [-0.4, -0.2) is 48.5 Å². The van der Waals surface area contributed by atoms with Gasteiger partial charge in [-0.3, -0.25) is 14.5 Å². The van der Waals surface area contributed by atoms with Crippen molar-refractivity contribution in [2.75, 3.05) is 32.8 Å². The monoisotopic (exact) mass is 418 g/mol. The van der Waals surface area contributed by atoms with Gasteiger partial charge in [-0.25, -0.2) is 0 Å². The molecule has 31 heavy (non-hydrogen) atoms. The van der Waals surface area contributed by atoms with Gasteiger partial charge in [0, 0.05) is 32.2 Å². The average Bonchev–Trinajstić information content (AvgIpc) is 2.81. The van der Waals surface area contributed by atoms with Gasteiger partial charge in [0.15, 0.2) is 6.61 Å². The maximum absolute atomic E-state index is 12.7. The lowest BCUT2D eigenvalue weighted by atomic mass is 9.96. The van der Waals surface area contributed by atoms with Gasteiger partial charge in [-0.15, -0.1) is 0 Å². The van der Waals surface area contributed by atoms with Crippen molar-refractivity contribution in [3.05, 3.63) is 100 Å². The average molecular weight is 418 g/mol. The molecule has 0 unspecified atom stereocenters. The molecule has 160 valence electrons. The molecule has 0 N–H and O–H groups in total. The summed E-state index contributed by atoms with van der Waals surface area (Å²) in [6, 6.07) is 22.3. The number of aryl methyl sites for hydroxylation is 1. The number of carbonyl (C=O) groups excluding carboxylic acids is 1. The van der Waals surface area contributed by atoms with Crippen LogP contribution >= 0.6 is 0 Å². The Kier molecular flexibility index (Phi) is 6.48. The van der Waals surface area contributed by atoms with E-state index >= 15 is 0 Å². The zero-order chi connectivity index (χ0) is 21.6. The lowest BCUT2D eigenvalue weighted by Crippen LogP contribution is -2.51. The second kappa shape index (κ2) is 9.62. The first-order valence-corrected chi connectivity index (χ1v) is 10.5. The molecule has 0 atom stereocenters. The molecule has 3 aromatic rings. The molecule has 0 bridgehead atoms.